The van der Waals surface area contributed by atoms with Crippen molar-refractivity contribution in [2.45, 2.75) is 18.6 Å². The van der Waals surface area contributed by atoms with E-state index in [0.29, 0.717) is 0 Å². The van der Waals surface area contributed by atoms with Crippen molar-refractivity contribution < 1.29 is 12.8 Å². The van der Waals surface area contributed by atoms with Crippen LogP contribution in [0.2, 0.25) is 0 Å². The van der Waals surface area contributed by atoms with Gasteiger partial charge in [0.25, 0.3) is 0 Å². The summed E-state index contributed by atoms with van der Waals surface area (Å²) >= 11 is 0. The second-order valence-electron chi connectivity index (χ2n) is 2.67. The van der Waals surface area contributed by atoms with Gasteiger partial charge >= 0.3 is 0 Å². The highest BCUT2D eigenvalue weighted by atomic mass is 32.2. The predicted molar refractivity (Wildman–Crippen MR) is 34.9 cm³/mol. The molecular formula is C5H11FO2S. The van der Waals surface area contributed by atoms with Crippen LogP contribution in [-0.2, 0) is 9.84 Å². The lowest BCUT2D eigenvalue weighted by Gasteiger charge is -2.16. The maximum Gasteiger partial charge on any atom is 0.155 e. The molecule has 0 aromatic carbocycles. The first-order valence-corrected chi connectivity index (χ1v) is 4.46. The SMILES string of the molecule is CC(C)(CF)S(C)(=O)=O. The minimum absolute atomic E-state index is 0.828. The van der Waals surface area contributed by atoms with E-state index in [1.165, 1.54) is 13.8 Å². The fraction of sp³-hybridized carbons (Fsp3) is 1.00. The molecule has 9 heavy (non-hydrogen) atoms. The van der Waals surface area contributed by atoms with Crippen molar-refractivity contribution in [3.63, 3.8) is 0 Å². The highest BCUT2D eigenvalue weighted by Crippen LogP contribution is 2.14. The number of alkyl halides is 1. The first-order valence-electron chi connectivity index (χ1n) is 2.57. The van der Waals surface area contributed by atoms with Crippen LogP contribution in [0.25, 0.3) is 0 Å². The third kappa shape index (κ3) is 1.93. The molecule has 0 atom stereocenters. The predicted octanol–water partition coefficient (Wildman–Crippen LogP) is 0.779. The Morgan fingerprint density at radius 3 is 1.78 bits per heavy atom. The fourth-order valence-electron chi connectivity index (χ4n) is 0.0991. The lowest BCUT2D eigenvalue weighted by atomic mass is 10.2. The van der Waals surface area contributed by atoms with Gasteiger partial charge in [-0.1, -0.05) is 0 Å². The van der Waals surface area contributed by atoms with Crippen LogP contribution in [0.15, 0.2) is 0 Å². The third-order valence-corrected chi connectivity index (χ3v) is 3.44. The van der Waals surface area contributed by atoms with Gasteiger partial charge in [0.05, 0.1) is 4.75 Å². The first-order chi connectivity index (χ1) is 3.81. The molecule has 0 radical (unpaired) electrons. The Kier molecular flexibility index (Phi) is 2.22. The van der Waals surface area contributed by atoms with E-state index in [9.17, 15) is 12.8 Å². The normalized spacial score (nSPS) is 13.8. The molecule has 0 amide bonds. The van der Waals surface area contributed by atoms with Gasteiger partial charge in [-0.05, 0) is 13.8 Å². The van der Waals surface area contributed by atoms with Crippen LogP contribution in [0, 0.1) is 0 Å². The summed E-state index contributed by atoms with van der Waals surface area (Å²) in [6.07, 6.45) is 1.03. The number of halogens is 1. The Labute approximate surface area is 55.0 Å². The Morgan fingerprint density at radius 2 is 1.78 bits per heavy atom. The zero-order chi connectivity index (χ0) is 7.71. The van der Waals surface area contributed by atoms with Gasteiger partial charge in [-0.15, -0.1) is 0 Å². The molecule has 2 nitrogen and oxygen atoms in total. The fourth-order valence-corrected chi connectivity index (χ4v) is 0.297. The monoisotopic (exact) mass is 154 g/mol. The minimum atomic E-state index is -3.23. The van der Waals surface area contributed by atoms with E-state index in [0.717, 1.165) is 6.26 Å². The first kappa shape index (κ1) is 8.88. The van der Waals surface area contributed by atoms with Crippen molar-refractivity contribution in [3.05, 3.63) is 0 Å². The van der Waals surface area contributed by atoms with Gasteiger partial charge in [0.2, 0.25) is 0 Å². The third-order valence-electron chi connectivity index (χ3n) is 1.33. The summed E-state index contributed by atoms with van der Waals surface area (Å²) in [5, 5.41) is 0. The Bertz CT molecular complexity index is 181. The molecule has 0 saturated heterocycles. The van der Waals surface area contributed by atoms with Crippen molar-refractivity contribution in [2.75, 3.05) is 12.9 Å². The van der Waals surface area contributed by atoms with Gasteiger partial charge in [-0.3, -0.25) is 0 Å². The lowest BCUT2D eigenvalue weighted by molar-refractivity contribution is 0.412. The Hall–Kier alpha value is -0.120. The summed E-state index contributed by atoms with van der Waals surface area (Å²) in [7, 11) is -3.23. The van der Waals surface area contributed by atoms with E-state index in [1.807, 2.05) is 0 Å². The number of sulfone groups is 1. The molecule has 0 bridgehead atoms. The van der Waals surface area contributed by atoms with Gasteiger partial charge in [0, 0.05) is 6.26 Å². The van der Waals surface area contributed by atoms with Crippen LogP contribution in [-0.4, -0.2) is 26.1 Å². The number of hydrogen-bond acceptors (Lipinski definition) is 2. The zero-order valence-electron chi connectivity index (χ0n) is 5.81. The Balaban J connectivity index is 4.56. The van der Waals surface area contributed by atoms with Crippen molar-refractivity contribution in [1.29, 1.82) is 0 Å². The molecule has 0 fully saturated rings. The van der Waals surface area contributed by atoms with Crippen molar-refractivity contribution in [1.82, 2.24) is 0 Å². The highest BCUT2D eigenvalue weighted by Gasteiger charge is 2.29. The maximum absolute atomic E-state index is 11.9. The number of hydrogen-bond donors (Lipinski definition) is 0. The maximum atomic E-state index is 11.9. The zero-order valence-corrected chi connectivity index (χ0v) is 6.63. The lowest BCUT2D eigenvalue weighted by Crippen LogP contribution is -2.32. The molecule has 0 heterocycles. The van der Waals surface area contributed by atoms with Crippen LogP contribution < -0.4 is 0 Å². The number of rotatable bonds is 2. The molecule has 0 unspecified atom stereocenters. The van der Waals surface area contributed by atoms with Gasteiger partial charge in [-0.2, -0.15) is 0 Å². The summed E-state index contributed by atoms with van der Waals surface area (Å²) in [6.45, 7) is 1.90. The van der Waals surface area contributed by atoms with Gasteiger partial charge < -0.3 is 0 Å². The molecule has 0 N–H and O–H groups in total. The van der Waals surface area contributed by atoms with E-state index in [-0.39, 0.29) is 0 Å². The van der Waals surface area contributed by atoms with Crippen LogP contribution in [0.5, 0.6) is 0 Å². The molecule has 0 saturated carbocycles. The minimum Gasteiger partial charge on any atom is -0.249 e. The van der Waals surface area contributed by atoms with Crippen LogP contribution in [0.4, 0.5) is 4.39 Å². The van der Waals surface area contributed by atoms with Crippen LogP contribution in [0.3, 0.4) is 0 Å². The second kappa shape index (κ2) is 2.25. The summed E-state index contributed by atoms with van der Waals surface area (Å²) in [5.41, 5.74) is 0. The summed E-state index contributed by atoms with van der Waals surface area (Å²) < 4.78 is 32.0. The molecule has 56 valence electrons. The summed E-state index contributed by atoms with van der Waals surface area (Å²) in [6, 6.07) is 0. The smallest absolute Gasteiger partial charge is 0.155 e. The average molecular weight is 154 g/mol. The van der Waals surface area contributed by atoms with Crippen molar-refractivity contribution in [3.8, 4) is 0 Å². The molecule has 0 aromatic heterocycles. The molecule has 0 rings (SSSR count). The van der Waals surface area contributed by atoms with Gasteiger partial charge in [0.1, 0.15) is 6.67 Å². The van der Waals surface area contributed by atoms with E-state index in [4.69, 9.17) is 0 Å². The van der Waals surface area contributed by atoms with Crippen LogP contribution in [0.1, 0.15) is 13.8 Å². The van der Waals surface area contributed by atoms with Crippen molar-refractivity contribution >= 4 is 9.84 Å². The standard InChI is InChI=1S/C5H11FO2S/c1-5(2,4-6)9(3,7)8/h4H2,1-3H3. The summed E-state index contributed by atoms with van der Waals surface area (Å²) in [5.74, 6) is 0. The molecule has 4 heteroatoms. The molecule has 0 aliphatic heterocycles. The van der Waals surface area contributed by atoms with E-state index in [1.54, 1.807) is 0 Å². The van der Waals surface area contributed by atoms with Gasteiger partial charge in [-0.25, -0.2) is 12.8 Å². The summed E-state index contributed by atoms with van der Waals surface area (Å²) in [4.78, 5) is 0. The molecule has 0 spiro atoms. The topological polar surface area (TPSA) is 34.1 Å². The highest BCUT2D eigenvalue weighted by molar-refractivity contribution is 7.92. The van der Waals surface area contributed by atoms with E-state index in [2.05, 4.69) is 0 Å². The van der Waals surface area contributed by atoms with Crippen LogP contribution >= 0.6 is 0 Å². The molecule has 0 aromatic rings. The second-order valence-corrected chi connectivity index (χ2v) is 5.31. The molecular weight excluding hydrogens is 143 g/mol. The average Bonchev–Trinajstić information content (AvgIpc) is 1.64. The molecule has 0 aliphatic rings. The van der Waals surface area contributed by atoms with Crippen molar-refractivity contribution in [2.24, 2.45) is 0 Å². The largest absolute Gasteiger partial charge is 0.249 e. The Morgan fingerprint density at radius 1 is 1.44 bits per heavy atom. The molecule has 0 aliphatic carbocycles. The van der Waals surface area contributed by atoms with E-state index < -0.39 is 21.3 Å². The quantitative estimate of drug-likeness (QED) is 0.589. The van der Waals surface area contributed by atoms with Gasteiger partial charge in [0.15, 0.2) is 9.84 Å². The van der Waals surface area contributed by atoms with E-state index >= 15 is 0 Å².